The molecule has 2 aliphatic heterocycles. The molecule has 3 heterocycles. The van der Waals surface area contributed by atoms with E-state index in [1.807, 2.05) is 0 Å². The van der Waals surface area contributed by atoms with Gasteiger partial charge in [-0.3, -0.25) is 15.1 Å². The van der Waals surface area contributed by atoms with Gasteiger partial charge < -0.3 is 25.1 Å². The lowest BCUT2D eigenvalue weighted by atomic mass is 9.79. The molecule has 9 nitrogen and oxygen atoms in total. The van der Waals surface area contributed by atoms with Gasteiger partial charge in [-0.05, 0) is 44.7 Å². The Labute approximate surface area is 158 Å². The summed E-state index contributed by atoms with van der Waals surface area (Å²) < 4.78 is 5.29. The molecule has 1 aromatic heterocycles. The van der Waals surface area contributed by atoms with E-state index in [9.17, 15) is 14.7 Å². The molecular formula is C18H27N5O4. The number of nitrogens with zero attached hydrogens (tertiary/aromatic N) is 2. The molecule has 0 radical (unpaired) electrons. The summed E-state index contributed by atoms with van der Waals surface area (Å²) in [5, 5.41) is 18.9. The number of nitrogens with one attached hydrogen (secondary N) is 3. The van der Waals surface area contributed by atoms with Crippen LogP contribution >= 0.6 is 0 Å². The quantitative estimate of drug-likeness (QED) is 0.342. The molecule has 0 bridgehead atoms. The number of furan rings is 1. The average molecular weight is 377 g/mol. The molecule has 148 valence electrons. The number of urea groups is 1. The molecule has 0 spiro atoms. The minimum absolute atomic E-state index is 0.0598. The number of amides is 3. The van der Waals surface area contributed by atoms with Gasteiger partial charge in [0.05, 0.1) is 12.8 Å². The van der Waals surface area contributed by atoms with Crippen molar-refractivity contribution in [3.05, 3.63) is 24.2 Å². The Morgan fingerprint density at radius 2 is 2.19 bits per heavy atom. The van der Waals surface area contributed by atoms with Crippen LogP contribution in [0.2, 0.25) is 0 Å². The zero-order valence-corrected chi connectivity index (χ0v) is 15.9. The molecule has 3 amide bonds. The first-order valence-electron chi connectivity index (χ1n) is 9.12. The predicted molar refractivity (Wildman–Crippen MR) is 99.0 cm³/mol. The maximum Gasteiger partial charge on any atom is 0.322 e. The SMILES string of the molecule is CN=C(NCC(C)(O)c1ccco1)N1CCC(C2(C)NC(=O)NC2=O)CC1. The van der Waals surface area contributed by atoms with Crippen molar-refractivity contribution in [2.75, 3.05) is 26.7 Å². The van der Waals surface area contributed by atoms with Crippen LogP contribution in [-0.2, 0) is 10.4 Å². The van der Waals surface area contributed by atoms with Crippen LogP contribution in [0.4, 0.5) is 4.79 Å². The number of imide groups is 1. The lowest BCUT2D eigenvalue weighted by Gasteiger charge is -2.40. The molecular weight excluding hydrogens is 350 g/mol. The number of rotatable bonds is 4. The summed E-state index contributed by atoms with van der Waals surface area (Å²) in [5.74, 6) is 0.970. The van der Waals surface area contributed by atoms with E-state index in [4.69, 9.17) is 4.42 Å². The third-order valence-corrected chi connectivity index (χ3v) is 5.54. The maximum atomic E-state index is 12.1. The van der Waals surface area contributed by atoms with Gasteiger partial charge in [0.25, 0.3) is 5.91 Å². The van der Waals surface area contributed by atoms with Crippen molar-refractivity contribution in [2.45, 2.75) is 37.8 Å². The number of hydrogen-bond donors (Lipinski definition) is 4. The first-order valence-corrected chi connectivity index (χ1v) is 9.12. The van der Waals surface area contributed by atoms with E-state index in [-0.39, 0.29) is 18.4 Å². The summed E-state index contributed by atoms with van der Waals surface area (Å²) in [6.45, 7) is 5.11. The van der Waals surface area contributed by atoms with E-state index in [2.05, 4.69) is 25.8 Å². The van der Waals surface area contributed by atoms with E-state index >= 15 is 0 Å². The molecule has 2 saturated heterocycles. The van der Waals surface area contributed by atoms with Crippen LogP contribution in [0.3, 0.4) is 0 Å². The Kier molecular flexibility index (Phi) is 5.14. The van der Waals surface area contributed by atoms with Crippen LogP contribution in [0.5, 0.6) is 0 Å². The van der Waals surface area contributed by atoms with E-state index in [0.29, 0.717) is 24.8 Å². The molecule has 2 atom stereocenters. The molecule has 0 saturated carbocycles. The number of likely N-dealkylation sites (tertiary alicyclic amines) is 1. The zero-order valence-electron chi connectivity index (χ0n) is 15.9. The second-order valence-corrected chi connectivity index (χ2v) is 7.52. The summed E-state index contributed by atoms with van der Waals surface area (Å²) in [5.41, 5.74) is -2.01. The van der Waals surface area contributed by atoms with Crippen molar-refractivity contribution in [2.24, 2.45) is 10.9 Å². The van der Waals surface area contributed by atoms with Gasteiger partial charge in [0, 0.05) is 20.1 Å². The molecule has 4 N–H and O–H groups in total. The first-order chi connectivity index (χ1) is 12.8. The van der Waals surface area contributed by atoms with Crippen LogP contribution in [0.1, 0.15) is 32.4 Å². The smallest absolute Gasteiger partial charge is 0.322 e. The lowest BCUT2D eigenvalue weighted by molar-refractivity contribution is -0.125. The molecule has 0 aliphatic carbocycles. The summed E-state index contributed by atoms with van der Waals surface area (Å²) in [4.78, 5) is 30.0. The Balaban J connectivity index is 1.56. The molecule has 3 rings (SSSR count). The number of aliphatic imine (C=N–C) groups is 1. The molecule has 2 fully saturated rings. The number of carbonyl (C=O) groups excluding carboxylic acids is 2. The Hall–Kier alpha value is -2.55. The van der Waals surface area contributed by atoms with Gasteiger partial charge in [-0.25, -0.2) is 4.79 Å². The standard InChI is InChI=1S/C18H27N5O4/c1-17(26,13-5-4-10-27-13)11-20-15(19-3)23-8-6-12(7-9-23)18(2)14(24)21-16(25)22-18/h4-5,10,12,26H,6-9,11H2,1-3H3,(H,19,20)(H2,21,22,24,25). The number of guanidine groups is 1. The zero-order chi connectivity index (χ0) is 19.7. The van der Waals surface area contributed by atoms with Gasteiger partial charge in [0.15, 0.2) is 5.96 Å². The maximum absolute atomic E-state index is 12.1. The third kappa shape index (κ3) is 3.78. The van der Waals surface area contributed by atoms with Crippen LogP contribution in [0.15, 0.2) is 27.8 Å². The summed E-state index contributed by atoms with van der Waals surface area (Å²) >= 11 is 0. The highest BCUT2D eigenvalue weighted by Gasteiger charge is 2.48. The summed E-state index contributed by atoms with van der Waals surface area (Å²) in [7, 11) is 1.70. The van der Waals surface area contributed by atoms with Crippen molar-refractivity contribution in [3.63, 3.8) is 0 Å². The second kappa shape index (κ2) is 7.22. The van der Waals surface area contributed by atoms with E-state index < -0.39 is 17.2 Å². The predicted octanol–water partition coefficient (Wildman–Crippen LogP) is 0.373. The van der Waals surface area contributed by atoms with E-state index in [0.717, 1.165) is 12.8 Å². The minimum Gasteiger partial charge on any atom is -0.466 e. The van der Waals surface area contributed by atoms with Crippen molar-refractivity contribution >= 4 is 17.9 Å². The Morgan fingerprint density at radius 1 is 1.48 bits per heavy atom. The fraction of sp³-hybridized carbons (Fsp3) is 0.611. The van der Waals surface area contributed by atoms with Crippen molar-refractivity contribution in [3.8, 4) is 0 Å². The largest absolute Gasteiger partial charge is 0.466 e. The van der Waals surface area contributed by atoms with Gasteiger partial charge in [-0.1, -0.05) is 0 Å². The van der Waals surface area contributed by atoms with Crippen LogP contribution in [0.25, 0.3) is 0 Å². The number of aliphatic hydroxyl groups is 1. The Morgan fingerprint density at radius 3 is 2.70 bits per heavy atom. The van der Waals surface area contributed by atoms with Crippen LogP contribution in [-0.4, -0.2) is 60.1 Å². The monoisotopic (exact) mass is 377 g/mol. The fourth-order valence-corrected chi connectivity index (χ4v) is 3.77. The summed E-state index contributed by atoms with van der Waals surface area (Å²) in [6.07, 6.45) is 3.03. The highest BCUT2D eigenvalue weighted by Crippen LogP contribution is 2.30. The number of carbonyl (C=O) groups is 2. The molecule has 2 unspecified atom stereocenters. The topological polar surface area (TPSA) is 119 Å². The van der Waals surface area contributed by atoms with Gasteiger partial charge in [0.2, 0.25) is 0 Å². The molecule has 1 aromatic rings. The normalized spacial score (nSPS) is 26.5. The number of hydrogen-bond acceptors (Lipinski definition) is 5. The van der Waals surface area contributed by atoms with Crippen LogP contribution < -0.4 is 16.0 Å². The van der Waals surface area contributed by atoms with E-state index in [1.165, 1.54) is 6.26 Å². The second-order valence-electron chi connectivity index (χ2n) is 7.52. The molecule has 2 aliphatic rings. The number of piperidine rings is 1. The van der Waals surface area contributed by atoms with Gasteiger partial charge in [-0.15, -0.1) is 0 Å². The van der Waals surface area contributed by atoms with Crippen molar-refractivity contribution < 1.29 is 19.1 Å². The molecule has 9 heteroatoms. The van der Waals surface area contributed by atoms with Crippen LogP contribution in [0, 0.1) is 5.92 Å². The first kappa shape index (κ1) is 19.2. The van der Waals surface area contributed by atoms with Gasteiger partial charge in [-0.2, -0.15) is 0 Å². The average Bonchev–Trinajstić information content (AvgIpc) is 3.25. The van der Waals surface area contributed by atoms with Crippen molar-refractivity contribution in [1.82, 2.24) is 20.9 Å². The summed E-state index contributed by atoms with van der Waals surface area (Å²) in [6, 6.07) is 3.04. The van der Waals surface area contributed by atoms with Crippen molar-refractivity contribution in [1.29, 1.82) is 0 Å². The van der Waals surface area contributed by atoms with Gasteiger partial charge in [0.1, 0.15) is 16.9 Å². The third-order valence-electron chi connectivity index (χ3n) is 5.54. The fourth-order valence-electron chi connectivity index (χ4n) is 3.77. The molecule has 0 aromatic carbocycles. The van der Waals surface area contributed by atoms with Gasteiger partial charge >= 0.3 is 6.03 Å². The van der Waals surface area contributed by atoms with E-state index in [1.54, 1.807) is 33.0 Å². The highest BCUT2D eigenvalue weighted by molar-refractivity contribution is 6.07. The highest BCUT2D eigenvalue weighted by atomic mass is 16.4. The Bertz CT molecular complexity index is 722. The minimum atomic E-state index is -1.16. The molecule has 27 heavy (non-hydrogen) atoms. The lowest BCUT2D eigenvalue weighted by Crippen LogP contribution is -2.56.